The lowest BCUT2D eigenvalue weighted by molar-refractivity contribution is -0.137. The van der Waals surface area contributed by atoms with Crippen LogP contribution in [0.4, 0.5) is 10.7 Å². The maximum absolute atomic E-state index is 13.0. The van der Waals surface area contributed by atoms with Crippen LogP contribution in [-0.4, -0.2) is 70.2 Å². The lowest BCUT2D eigenvalue weighted by Gasteiger charge is -2.58. The Morgan fingerprint density at radius 2 is 1.82 bits per heavy atom. The zero-order valence-electron chi connectivity index (χ0n) is 19.6. The van der Waals surface area contributed by atoms with E-state index in [1.807, 2.05) is 11.8 Å². The molecule has 33 heavy (non-hydrogen) atoms. The van der Waals surface area contributed by atoms with Gasteiger partial charge in [0.15, 0.2) is 0 Å². The van der Waals surface area contributed by atoms with Crippen LogP contribution in [0.2, 0.25) is 5.02 Å². The molecule has 1 amide bonds. The predicted molar refractivity (Wildman–Crippen MR) is 128 cm³/mol. The van der Waals surface area contributed by atoms with Crippen LogP contribution in [0.15, 0.2) is 36.5 Å². The van der Waals surface area contributed by atoms with Gasteiger partial charge in [-0.2, -0.15) is 0 Å². The normalized spacial score (nSPS) is 25.0. The Bertz CT molecular complexity index is 993. The largest absolute Gasteiger partial charge is 0.446 e. The average Bonchev–Trinajstić information content (AvgIpc) is 2.73. The first-order valence-electron chi connectivity index (χ1n) is 11.8. The van der Waals surface area contributed by atoms with Crippen molar-refractivity contribution in [3.8, 4) is 0 Å². The molecule has 0 N–H and O–H groups in total. The van der Waals surface area contributed by atoms with Gasteiger partial charge in [-0.1, -0.05) is 41.9 Å². The van der Waals surface area contributed by atoms with Gasteiger partial charge in [-0.05, 0) is 39.2 Å². The number of anilines is 1. The second kappa shape index (κ2) is 8.76. The van der Waals surface area contributed by atoms with E-state index in [4.69, 9.17) is 16.3 Å². The number of aromatic nitrogens is 2. The molecule has 176 valence electrons. The molecule has 1 aromatic carbocycles. The van der Waals surface area contributed by atoms with Gasteiger partial charge < -0.3 is 9.64 Å². The number of ether oxygens (including phenoxy) is 1. The molecule has 7 nitrogen and oxygen atoms in total. The first-order valence-corrected chi connectivity index (χ1v) is 12.2. The molecule has 1 saturated carbocycles. The van der Waals surface area contributed by atoms with Crippen molar-refractivity contribution in [2.24, 2.45) is 5.41 Å². The molecule has 8 heteroatoms. The fourth-order valence-electron chi connectivity index (χ4n) is 5.75. The molecule has 2 aromatic rings. The summed E-state index contributed by atoms with van der Waals surface area (Å²) in [4.78, 5) is 28.4. The highest BCUT2D eigenvalue weighted by Crippen LogP contribution is 2.50. The Labute approximate surface area is 200 Å². The van der Waals surface area contributed by atoms with Crippen molar-refractivity contribution in [2.75, 3.05) is 31.1 Å². The molecule has 3 heterocycles. The summed E-state index contributed by atoms with van der Waals surface area (Å²) in [6, 6.07) is 10.6. The van der Waals surface area contributed by atoms with E-state index in [-0.39, 0.29) is 24.3 Å². The lowest BCUT2D eigenvalue weighted by atomic mass is 9.61. The summed E-state index contributed by atoms with van der Waals surface area (Å²) in [5.74, 6) is 0.662. The number of carbonyl (C=O) groups is 1. The minimum atomic E-state index is -0.192. The van der Waals surface area contributed by atoms with Crippen molar-refractivity contribution in [3.05, 3.63) is 52.8 Å². The van der Waals surface area contributed by atoms with Crippen molar-refractivity contribution in [1.82, 2.24) is 19.8 Å². The third kappa shape index (κ3) is 4.53. The van der Waals surface area contributed by atoms with Crippen molar-refractivity contribution in [1.29, 1.82) is 0 Å². The maximum atomic E-state index is 13.0. The van der Waals surface area contributed by atoms with Gasteiger partial charge in [0.2, 0.25) is 5.95 Å². The van der Waals surface area contributed by atoms with Gasteiger partial charge in [0, 0.05) is 38.1 Å². The summed E-state index contributed by atoms with van der Waals surface area (Å²) in [5.41, 5.74) is 2.47. The molecule has 2 aliphatic heterocycles. The van der Waals surface area contributed by atoms with Crippen LogP contribution in [0, 0.1) is 12.3 Å². The molecule has 0 bridgehead atoms. The molecule has 1 spiro atoms. The fourth-order valence-corrected chi connectivity index (χ4v) is 5.84. The van der Waals surface area contributed by atoms with Crippen LogP contribution in [0.3, 0.4) is 0 Å². The third-order valence-electron chi connectivity index (χ3n) is 7.28. The Hall–Kier alpha value is -2.38. The van der Waals surface area contributed by atoms with Gasteiger partial charge >= 0.3 is 6.09 Å². The van der Waals surface area contributed by atoms with Crippen molar-refractivity contribution < 1.29 is 9.53 Å². The first kappa shape index (κ1) is 22.4. The Balaban J connectivity index is 1.10. The predicted octanol–water partition coefficient (Wildman–Crippen LogP) is 4.14. The molecule has 3 fully saturated rings. The van der Waals surface area contributed by atoms with Gasteiger partial charge in [-0.15, -0.1) is 0 Å². The highest BCUT2D eigenvalue weighted by molar-refractivity contribution is 6.31. The van der Waals surface area contributed by atoms with Gasteiger partial charge in [0.25, 0.3) is 0 Å². The number of piperazine rings is 1. The van der Waals surface area contributed by atoms with Gasteiger partial charge in [-0.3, -0.25) is 9.80 Å². The number of hydrogen-bond acceptors (Lipinski definition) is 6. The van der Waals surface area contributed by atoms with E-state index in [0.29, 0.717) is 29.5 Å². The van der Waals surface area contributed by atoms with Gasteiger partial charge in [-0.25, -0.2) is 14.8 Å². The molecular formula is C25H32ClN5O2. The molecule has 2 atom stereocenters. The fraction of sp³-hybridized carbons (Fsp3) is 0.560. The van der Waals surface area contributed by atoms with Crippen LogP contribution in [0.5, 0.6) is 0 Å². The maximum Gasteiger partial charge on any atom is 0.410 e. The topological polar surface area (TPSA) is 61.8 Å². The monoisotopic (exact) mass is 469 g/mol. The van der Waals surface area contributed by atoms with E-state index in [9.17, 15) is 4.79 Å². The Morgan fingerprint density at radius 3 is 2.45 bits per heavy atom. The smallest absolute Gasteiger partial charge is 0.410 e. The van der Waals surface area contributed by atoms with Crippen LogP contribution >= 0.6 is 11.6 Å². The first-order chi connectivity index (χ1) is 15.8. The molecule has 0 radical (unpaired) electrons. The summed E-state index contributed by atoms with van der Waals surface area (Å²) in [5, 5.41) is 0.565. The standard InChI is InChI=1S/C25H32ClN5O2/c1-17-12-30(23-27-11-22(26)19(3)28-23)13-18(2)31(17)24(32)33-21-9-25(10-21)15-29(16-25)14-20-7-5-4-6-8-20/h4-8,11,17-18,21H,9-10,12-16H2,1-3H3/t17-,18+. The number of amides is 1. The summed E-state index contributed by atoms with van der Waals surface area (Å²) in [6.45, 7) is 10.5. The number of hydrogen-bond donors (Lipinski definition) is 0. The van der Waals surface area contributed by atoms with E-state index in [0.717, 1.165) is 38.2 Å². The summed E-state index contributed by atoms with van der Waals surface area (Å²) in [7, 11) is 0. The highest BCUT2D eigenvalue weighted by Gasteiger charge is 2.54. The van der Waals surface area contributed by atoms with E-state index < -0.39 is 0 Å². The number of aryl methyl sites for hydroxylation is 1. The Morgan fingerprint density at radius 1 is 1.15 bits per heavy atom. The van der Waals surface area contributed by atoms with Crippen LogP contribution in [-0.2, 0) is 11.3 Å². The second-order valence-electron chi connectivity index (χ2n) is 10.2. The second-order valence-corrected chi connectivity index (χ2v) is 10.6. The number of rotatable bonds is 4. The number of carbonyl (C=O) groups excluding carboxylic acids is 1. The van der Waals surface area contributed by atoms with Crippen LogP contribution < -0.4 is 4.90 Å². The van der Waals surface area contributed by atoms with E-state index in [2.05, 4.69) is 63.9 Å². The summed E-state index contributed by atoms with van der Waals surface area (Å²) >= 11 is 6.07. The molecule has 2 saturated heterocycles. The zero-order chi connectivity index (χ0) is 23.2. The quantitative estimate of drug-likeness (QED) is 0.670. The van der Waals surface area contributed by atoms with Crippen molar-refractivity contribution >= 4 is 23.6 Å². The van der Waals surface area contributed by atoms with Crippen molar-refractivity contribution in [2.45, 2.75) is 58.3 Å². The molecular weight excluding hydrogens is 438 g/mol. The van der Waals surface area contributed by atoms with Crippen LogP contribution in [0.1, 0.15) is 37.9 Å². The van der Waals surface area contributed by atoms with Gasteiger partial charge in [0.05, 0.1) is 29.0 Å². The molecule has 3 aliphatic rings. The molecule has 0 unspecified atom stereocenters. The Kier molecular flexibility index (Phi) is 5.95. The minimum absolute atomic E-state index is 0.0138. The minimum Gasteiger partial charge on any atom is -0.446 e. The lowest BCUT2D eigenvalue weighted by Crippen LogP contribution is -2.65. The highest BCUT2D eigenvalue weighted by atomic mass is 35.5. The van der Waals surface area contributed by atoms with Crippen molar-refractivity contribution in [3.63, 3.8) is 0 Å². The van der Waals surface area contributed by atoms with Gasteiger partial charge in [0.1, 0.15) is 6.10 Å². The third-order valence-corrected chi connectivity index (χ3v) is 7.65. The zero-order valence-corrected chi connectivity index (χ0v) is 20.3. The summed E-state index contributed by atoms with van der Waals surface area (Å²) < 4.78 is 5.93. The SMILES string of the molecule is Cc1nc(N2C[C@@H](C)N(C(=O)OC3CC4(C3)CN(Cc3ccccc3)C4)[C@@H](C)C2)ncc1Cl. The molecule has 1 aliphatic carbocycles. The number of halogens is 1. The number of likely N-dealkylation sites (tertiary alicyclic amines) is 1. The summed E-state index contributed by atoms with van der Waals surface area (Å²) in [6.07, 6.45) is 3.44. The molecule has 5 rings (SSSR count). The average molecular weight is 470 g/mol. The molecule has 1 aromatic heterocycles. The van der Waals surface area contributed by atoms with Crippen LogP contribution in [0.25, 0.3) is 0 Å². The number of benzene rings is 1. The van der Waals surface area contributed by atoms with E-state index in [1.54, 1.807) is 6.20 Å². The van der Waals surface area contributed by atoms with E-state index >= 15 is 0 Å². The number of nitrogens with zero attached hydrogens (tertiary/aromatic N) is 5. The van der Waals surface area contributed by atoms with E-state index in [1.165, 1.54) is 5.56 Å².